The van der Waals surface area contributed by atoms with E-state index in [1.165, 1.54) is 11.6 Å². The van der Waals surface area contributed by atoms with Crippen LogP contribution in [0.3, 0.4) is 0 Å². The van der Waals surface area contributed by atoms with Crippen LogP contribution in [0.2, 0.25) is 5.02 Å². The van der Waals surface area contributed by atoms with Crippen molar-refractivity contribution in [2.75, 3.05) is 31.1 Å². The molecule has 1 fully saturated rings. The van der Waals surface area contributed by atoms with Gasteiger partial charge in [0.25, 0.3) is 0 Å². The highest BCUT2D eigenvalue weighted by molar-refractivity contribution is 6.30. The lowest BCUT2D eigenvalue weighted by Crippen LogP contribution is -2.57. The second-order valence-corrected chi connectivity index (χ2v) is 10.3. The van der Waals surface area contributed by atoms with Gasteiger partial charge in [-0.2, -0.15) is 0 Å². The average molecular weight is 560 g/mol. The van der Waals surface area contributed by atoms with Crippen molar-refractivity contribution in [1.82, 2.24) is 20.5 Å². The van der Waals surface area contributed by atoms with E-state index in [0.29, 0.717) is 30.4 Å². The van der Waals surface area contributed by atoms with E-state index in [4.69, 9.17) is 11.6 Å². The third kappa shape index (κ3) is 8.16. The number of aryl methyl sites for hydroxylation is 1. The number of pyridine rings is 1. The van der Waals surface area contributed by atoms with Crippen molar-refractivity contribution >= 4 is 41.1 Å². The normalized spacial score (nSPS) is 16.0. The number of nitrogens with one attached hydrogen (secondary N) is 2. The average Bonchev–Trinajstić information content (AvgIpc) is 2.96. The summed E-state index contributed by atoms with van der Waals surface area (Å²) in [4.78, 5) is 47.2. The Balaban J connectivity index is 1.34. The molecule has 0 spiro atoms. The number of carbonyl (C=O) groups is 3. The summed E-state index contributed by atoms with van der Waals surface area (Å²) in [6.45, 7) is 5.90. The number of benzene rings is 2. The largest absolute Gasteiger partial charge is 0.368 e. The van der Waals surface area contributed by atoms with Gasteiger partial charge < -0.3 is 20.4 Å². The van der Waals surface area contributed by atoms with Gasteiger partial charge in [0.05, 0.1) is 6.54 Å². The van der Waals surface area contributed by atoms with Crippen molar-refractivity contribution in [3.05, 3.63) is 101 Å². The minimum absolute atomic E-state index is 0.0125. The Morgan fingerprint density at radius 1 is 1.05 bits per heavy atom. The van der Waals surface area contributed by atoms with Crippen LogP contribution in [0, 0.1) is 6.92 Å². The van der Waals surface area contributed by atoms with Gasteiger partial charge in [0.1, 0.15) is 6.04 Å². The lowest BCUT2D eigenvalue weighted by molar-refractivity contribution is -0.135. The summed E-state index contributed by atoms with van der Waals surface area (Å²) < 4.78 is 0. The fourth-order valence-electron chi connectivity index (χ4n) is 4.61. The summed E-state index contributed by atoms with van der Waals surface area (Å²) in [6, 6.07) is 19.9. The molecule has 1 unspecified atom stereocenters. The standard InChI is InChI=1S/C31H34ClN5O3/c1-22-6-13-27(14-7-22)36-17-18-37(23(2)21-36)30(39)20-34-31(40)28(19-26-5-3-4-16-33-26)35-29(38)15-10-24-8-11-25(32)12-9-24/h3-16,23,28H,17-21H2,1-2H3,(H,34,40)(H,35,38)/b15-10+/t23?,28-/m0/s1. The molecule has 3 amide bonds. The SMILES string of the molecule is Cc1ccc(N2CCN(C(=O)CNC(=O)[C@H](Cc3ccccn3)NC(=O)/C=C/c3ccc(Cl)cc3)C(C)C2)cc1. The van der Waals surface area contributed by atoms with Crippen LogP contribution in [-0.2, 0) is 20.8 Å². The fraction of sp³-hybridized carbons (Fsp3) is 0.290. The van der Waals surface area contributed by atoms with Gasteiger partial charge in [-0.15, -0.1) is 0 Å². The monoisotopic (exact) mass is 559 g/mol. The number of hydrogen-bond acceptors (Lipinski definition) is 5. The molecule has 0 saturated carbocycles. The lowest BCUT2D eigenvalue weighted by Gasteiger charge is -2.41. The van der Waals surface area contributed by atoms with E-state index in [0.717, 1.165) is 11.3 Å². The van der Waals surface area contributed by atoms with Crippen LogP contribution in [-0.4, -0.2) is 65.9 Å². The van der Waals surface area contributed by atoms with Crippen molar-refractivity contribution in [3.8, 4) is 0 Å². The van der Waals surface area contributed by atoms with Crippen LogP contribution in [0.25, 0.3) is 6.08 Å². The van der Waals surface area contributed by atoms with Gasteiger partial charge in [-0.3, -0.25) is 19.4 Å². The molecule has 2 heterocycles. The highest BCUT2D eigenvalue weighted by Gasteiger charge is 2.28. The summed E-state index contributed by atoms with van der Waals surface area (Å²) in [7, 11) is 0. The van der Waals surface area contributed by atoms with E-state index in [1.54, 1.807) is 53.6 Å². The van der Waals surface area contributed by atoms with Crippen molar-refractivity contribution in [2.24, 2.45) is 0 Å². The van der Waals surface area contributed by atoms with Gasteiger partial charge in [0, 0.05) is 60.8 Å². The quantitative estimate of drug-likeness (QED) is 0.390. The van der Waals surface area contributed by atoms with E-state index in [9.17, 15) is 14.4 Å². The number of aromatic nitrogens is 1. The Kier molecular flexibility index (Phi) is 9.91. The predicted octanol–water partition coefficient (Wildman–Crippen LogP) is 3.64. The maximum absolute atomic E-state index is 13.2. The number of hydrogen-bond donors (Lipinski definition) is 2. The van der Waals surface area contributed by atoms with Crippen molar-refractivity contribution in [1.29, 1.82) is 0 Å². The van der Waals surface area contributed by atoms with E-state index in [2.05, 4.69) is 51.7 Å². The molecule has 8 nitrogen and oxygen atoms in total. The summed E-state index contributed by atoms with van der Waals surface area (Å²) in [5.74, 6) is -1.04. The van der Waals surface area contributed by atoms with Gasteiger partial charge in [0.2, 0.25) is 17.7 Å². The van der Waals surface area contributed by atoms with Crippen LogP contribution in [0.4, 0.5) is 5.69 Å². The van der Waals surface area contributed by atoms with Crippen molar-refractivity contribution in [3.63, 3.8) is 0 Å². The van der Waals surface area contributed by atoms with Crippen LogP contribution < -0.4 is 15.5 Å². The second kappa shape index (κ2) is 13.8. The van der Waals surface area contributed by atoms with E-state index in [-0.39, 0.29) is 24.9 Å². The topological polar surface area (TPSA) is 94.6 Å². The molecule has 208 valence electrons. The van der Waals surface area contributed by atoms with Crippen LogP contribution in [0.5, 0.6) is 0 Å². The number of halogens is 1. The Hall–Kier alpha value is -4.17. The number of nitrogens with zero attached hydrogens (tertiary/aromatic N) is 3. The van der Waals surface area contributed by atoms with Gasteiger partial charge in [-0.25, -0.2) is 0 Å². The Morgan fingerprint density at radius 3 is 2.48 bits per heavy atom. The molecule has 1 saturated heterocycles. The van der Waals surface area contributed by atoms with Gasteiger partial charge in [-0.05, 0) is 61.9 Å². The van der Waals surface area contributed by atoms with Gasteiger partial charge in [-0.1, -0.05) is 47.5 Å². The van der Waals surface area contributed by atoms with Crippen LogP contribution >= 0.6 is 11.6 Å². The lowest BCUT2D eigenvalue weighted by atomic mass is 10.1. The fourth-order valence-corrected chi connectivity index (χ4v) is 4.73. The first-order valence-electron chi connectivity index (χ1n) is 13.3. The van der Waals surface area contributed by atoms with E-state index in [1.807, 2.05) is 13.0 Å². The number of piperazine rings is 1. The first kappa shape index (κ1) is 28.8. The summed E-state index contributed by atoms with van der Waals surface area (Å²) in [5, 5.41) is 6.08. The van der Waals surface area contributed by atoms with Crippen molar-refractivity contribution in [2.45, 2.75) is 32.4 Å². The molecule has 40 heavy (non-hydrogen) atoms. The molecular formula is C31H34ClN5O3. The molecule has 1 aliphatic rings. The highest BCUT2D eigenvalue weighted by atomic mass is 35.5. The number of carbonyl (C=O) groups excluding carboxylic acids is 3. The molecule has 2 atom stereocenters. The molecule has 4 rings (SSSR count). The van der Waals surface area contributed by atoms with Gasteiger partial charge >= 0.3 is 0 Å². The zero-order valence-electron chi connectivity index (χ0n) is 22.7. The second-order valence-electron chi connectivity index (χ2n) is 9.91. The summed E-state index contributed by atoms with van der Waals surface area (Å²) in [6.07, 6.45) is 4.83. The third-order valence-corrected chi connectivity index (χ3v) is 7.08. The molecule has 3 aromatic rings. The summed E-state index contributed by atoms with van der Waals surface area (Å²) in [5.41, 5.74) is 3.79. The van der Waals surface area contributed by atoms with E-state index >= 15 is 0 Å². The molecule has 1 aliphatic heterocycles. The maximum Gasteiger partial charge on any atom is 0.244 e. The molecule has 1 aromatic heterocycles. The van der Waals surface area contributed by atoms with Gasteiger partial charge in [0.15, 0.2) is 0 Å². The predicted molar refractivity (Wildman–Crippen MR) is 158 cm³/mol. The minimum atomic E-state index is -0.902. The van der Waals surface area contributed by atoms with Crippen molar-refractivity contribution < 1.29 is 14.4 Å². The maximum atomic E-state index is 13.2. The first-order valence-corrected chi connectivity index (χ1v) is 13.7. The molecule has 0 aliphatic carbocycles. The summed E-state index contributed by atoms with van der Waals surface area (Å²) >= 11 is 5.92. The highest BCUT2D eigenvalue weighted by Crippen LogP contribution is 2.20. The molecule has 9 heteroatoms. The number of rotatable bonds is 9. The zero-order valence-corrected chi connectivity index (χ0v) is 23.5. The Bertz CT molecular complexity index is 1330. The number of amides is 3. The zero-order chi connectivity index (χ0) is 28.5. The smallest absolute Gasteiger partial charge is 0.244 e. The Morgan fingerprint density at radius 2 is 1.80 bits per heavy atom. The molecule has 2 N–H and O–H groups in total. The molecule has 2 aromatic carbocycles. The van der Waals surface area contributed by atoms with E-state index < -0.39 is 17.9 Å². The molecule has 0 radical (unpaired) electrons. The number of anilines is 1. The Labute approximate surface area is 240 Å². The molecular weight excluding hydrogens is 526 g/mol. The minimum Gasteiger partial charge on any atom is -0.368 e. The first-order chi connectivity index (χ1) is 19.3. The third-order valence-electron chi connectivity index (χ3n) is 6.83. The van der Waals surface area contributed by atoms with Crippen LogP contribution in [0.15, 0.2) is 79.0 Å². The molecule has 0 bridgehead atoms. The van der Waals surface area contributed by atoms with Crippen LogP contribution in [0.1, 0.15) is 23.7 Å².